The van der Waals surface area contributed by atoms with Crippen LogP contribution in [0.3, 0.4) is 0 Å². The number of rotatable bonds is 3. The van der Waals surface area contributed by atoms with Crippen molar-refractivity contribution in [1.29, 1.82) is 0 Å². The van der Waals surface area contributed by atoms with Crippen molar-refractivity contribution < 1.29 is 4.52 Å². The molecule has 0 aliphatic heterocycles. The molecule has 0 saturated heterocycles. The van der Waals surface area contributed by atoms with Crippen LogP contribution in [0.2, 0.25) is 0 Å². The Morgan fingerprint density at radius 1 is 1.19 bits per heavy atom. The molecule has 0 aliphatic rings. The maximum atomic E-state index is 5.85. The van der Waals surface area contributed by atoms with Crippen LogP contribution in [0, 0.1) is 0 Å². The molecule has 3 aromatic heterocycles. The molecule has 0 saturated carbocycles. The normalized spacial score (nSPS) is 11.2. The van der Waals surface area contributed by atoms with Gasteiger partial charge in [0.2, 0.25) is 0 Å². The molecule has 0 atom stereocenters. The minimum atomic E-state index is 0.452. The van der Waals surface area contributed by atoms with Gasteiger partial charge in [-0.25, -0.2) is 4.98 Å². The highest BCUT2D eigenvalue weighted by Crippen LogP contribution is 2.30. The largest absolute Gasteiger partial charge is 0.397 e. The molecule has 7 heteroatoms. The zero-order chi connectivity index (χ0) is 14.2. The van der Waals surface area contributed by atoms with E-state index in [9.17, 15) is 0 Å². The number of nitrogens with two attached hydrogens (primary N) is 1. The summed E-state index contributed by atoms with van der Waals surface area (Å²) in [5, 5.41) is 5.88. The first-order valence-electron chi connectivity index (χ1n) is 6.39. The van der Waals surface area contributed by atoms with E-state index < -0.39 is 0 Å². The van der Waals surface area contributed by atoms with Gasteiger partial charge in [-0.3, -0.25) is 0 Å². The standard InChI is InChI=1S/C14H11N5OS/c15-8-5-6-21-13(8)14-18-12(19-20-14)7-11-16-9-3-1-2-4-10(9)17-11/h1-6H,7,15H2,(H,16,17). The quantitative estimate of drug-likeness (QED) is 0.606. The molecule has 0 fully saturated rings. The lowest BCUT2D eigenvalue weighted by Crippen LogP contribution is -1.93. The monoisotopic (exact) mass is 297 g/mol. The van der Waals surface area contributed by atoms with Crippen molar-refractivity contribution in [3.63, 3.8) is 0 Å². The summed E-state index contributed by atoms with van der Waals surface area (Å²) >= 11 is 1.48. The number of benzene rings is 1. The lowest BCUT2D eigenvalue weighted by molar-refractivity contribution is 0.424. The Morgan fingerprint density at radius 2 is 2.10 bits per heavy atom. The van der Waals surface area contributed by atoms with Crippen LogP contribution in [-0.4, -0.2) is 20.1 Å². The lowest BCUT2D eigenvalue weighted by Gasteiger charge is -1.89. The molecular formula is C14H11N5OS. The van der Waals surface area contributed by atoms with Crippen LogP contribution in [0.5, 0.6) is 0 Å². The highest BCUT2D eigenvalue weighted by molar-refractivity contribution is 7.14. The van der Waals surface area contributed by atoms with E-state index in [1.165, 1.54) is 11.3 Å². The van der Waals surface area contributed by atoms with E-state index in [-0.39, 0.29) is 0 Å². The first-order chi connectivity index (χ1) is 10.3. The van der Waals surface area contributed by atoms with Gasteiger partial charge in [-0.2, -0.15) is 4.98 Å². The second kappa shape index (κ2) is 4.71. The van der Waals surface area contributed by atoms with Gasteiger partial charge in [0, 0.05) is 0 Å². The van der Waals surface area contributed by atoms with E-state index in [2.05, 4.69) is 20.1 Å². The van der Waals surface area contributed by atoms with Gasteiger partial charge in [0.05, 0.1) is 23.1 Å². The summed E-state index contributed by atoms with van der Waals surface area (Å²) in [6, 6.07) is 9.70. The van der Waals surface area contributed by atoms with Crippen molar-refractivity contribution >= 4 is 28.1 Å². The number of aromatic amines is 1. The molecule has 0 unspecified atom stereocenters. The zero-order valence-electron chi connectivity index (χ0n) is 10.9. The highest BCUT2D eigenvalue weighted by atomic mass is 32.1. The third kappa shape index (κ3) is 2.17. The molecule has 104 valence electrons. The van der Waals surface area contributed by atoms with E-state index in [1.807, 2.05) is 35.7 Å². The molecule has 0 amide bonds. The van der Waals surface area contributed by atoms with Crippen LogP contribution >= 0.6 is 11.3 Å². The smallest absolute Gasteiger partial charge is 0.270 e. The number of imidazole rings is 1. The third-order valence-corrected chi connectivity index (χ3v) is 4.04. The molecule has 6 nitrogen and oxygen atoms in total. The van der Waals surface area contributed by atoms with Gasteiger partial charge in [-0.05, 0) is 23.6 Å². The van der Waals surface area contributed by atoms with Crippen molar-refractivity contribution in [2.45, 2.75) is 6.42 Å². The van der Waals surface area contributed by atoms with Crippen molar-refractivity contribution in [2.75, 3.05) is 5.73 Å². The zero-order valence-corrected chi connectivity index (χ0v) is 11.7. The van der Waals surface area contributed by atoms with Crippen molar-refractivity contribution in [1.82, 2.24) is 20.1 Å². The number of para-hydroxylation sites is 2. The molecular weight excluding hydrogens is 286 g/mol. The first kappa shape index (κ1) is 12.1. The Kier molecular flexibility index (Phi) is 2.71. The first-order valence-corrected chi connectivity index (χ1v) is 7.27. The number of hydrogen-bond donors (Lipinski definition) is 2. The minimum absolute atomic E-state index is 0.452. The van der Waals surface area contributed by atoms with Crippen LogP contribution in [0.15, 0.2) is 40.2 Å². The molecule has 0 radical (unpaired) electrons. The average Bonchev–Trinajstić information content (AvgIpc) is 3.17. The summed E-state index contributed by atoms with van der Waals surface area (Å²) in [5.74, 6) is 1.84. The molecule has 0 bridgehead atoms. The van der Waals surface area contributed by atoms with E-state index in [4.69, 9.17) is 10.3 Å². The summed E-state index contributed by atoms with van der Waals surface area (Å²) in [7, 11) is 0. The number of thiophene rings is 1. The van der Waals surface area contributed by atoms with Crippen molar-refractivity contribution in [3.8, 4) is 10.8 Å². The molecule has 1 aromatic carbocycles. The van der Waals surface area contributed by atoms with Gasteiger partial charge in [-0.1, -0.05) is 17.3 Å². The number of anilines is 1. The summed E-state index contributed by atoms with van der Waals surface area (Å²) in [5.41, 5.74) is 8.43. The van der Waals surface area contributed by atoms with Gasteiger partial charge < -0.3 is 15.2 Å². The van der Waals surface area contributed by atoms with Gasteiger partial charge >= 0.3 is 0 Å². The topological polar surface area (TPSA) is 93.6 Å². The summed E-state index contributed by atoms with van der Waals surface area (Å²) in [6.07, 6.45) is 0.490. The fourth-order valence-corrected chi connectivity index (χ4v) is 2.89. The second-order valence-electron chi connectivity index (χ2n) is 4.60. The van der Waals surface area contributed by atoms with E-state index in [0.29, 0.717) is 23.8 Å². The molecule has 3 N–H and O–H groups in total. The van der Waals surface area contributed by atoms with E-state index >= 15 is 0 Å². The highest BCUT2D eigenvalue weighted by Gasteiger charge is 2.14. The maximum absolute atomic E-state index is 5.85. The SMILES string of the molecule is Nc1ccsc1-c1nc(Cc2nc3ccccc3[nH]2)no1. The Hall–Kier alpha value is -2.67. The fourth-order valence-electron chi connectivity index (χ4n) is 2.15. The number of H-pyrrole nitrogens is 1. The van der Waals surface area contributed by atoms with Crippen LogP contribution in [0.4, 0.5) is 5.69 Å². The number of nitrogens with one attached hydrogen (secondary N) is 1. The van der Waals surface area contributed by atoms with E-state index in [1.54, 1.807) is 0 Å². The summed E-state index contributed by atoms with van der Waals surface area (Å²) < 4.78 is 5.26. The Morgan fingerprint density at radius 3 is 2.90 bits per heavy atom. The fraction of sp³-hybridized carbons (Fsp3) is 0.0714. The maximum Gasteiger partial charge on any atom is 0.270 e. The Bertz CT molecular complexity index is 874. The predicted molar refractivity (Wildman–Crippen MR) is 80.9 cm³/mol. The van der Waals surface area contributed by atoms with Crippen LogP contribution in [0.1, 0.15) is 11.6 Å². The lowest BCUT2D eigenvalue weighted by atomic mass is 10.3. The van der Waals surface area contributed by atoms with Crippen LogP contribution in [0.25, 0.3) is 21.8 Å². The van der Waals surface area contributed by atoms with E-state index in [0.717, 1.165) is 21.7 Å². The second-order valence-corrected chi connectivity index (χ2v) is 5.51. The minimum Gasteiger partial charge on any atom is -0.397 e. The van der Waals surface area contributed by atoms with Gasteiger partial charge in [0.15, 0.2) is 5.82 Å². The van der Waals surface area contributed by atoms with Crippen LogP contribution in [-0.2, 0) is 6.42 Å². The predicted octanol–water partition coefficient (Wildman–Crippen LogP) is 2.85. The van der Waals surface area contributed by atoms with Crippen LogP contribution < -0.4 is 5.73 Å². The van der Waals surface area contributed by atoms with Gasteiger partial charge in [-0.15, -0.1) is 11.3 Å². The molecule has 3 heterocycles. The van der Waals surface area contributed by atoms with Gasteiger partial charge in [0.25, 0.3) is 5.89 Å². The molecule has 21 heavy (non-hydrogen) atoms. The van der Waals surface area contributed by atoms with Crippen molar-refractivity contribution in [2.24, 2.45) is 0 Å². The summed E-state index contributed by atoms with van der Waals surface area (Å²) in [6.45, 7) is 0. The molecule has 4 rings (SSSR count). The van der Waals surface area contributed by atoms with Crippen molar-refractivity contribution in [3.05, 3.63) is 47.4 Å². The number of hydrogen-bond acceptors (Lipinski definition) is 6. The number of nitrogen functional groups attached to an aromatic ring is 1. The third-order valence-electron chi connectivity index (χ3n) is 3.12. The summed E-state index contributed by atoms with van der Waals surface area (Å²) in [4.78, 5) is 12.9. The molecule has 0 spiro atoms. The average molecular weight is 297 g/mol. The molecule has 0 aliphatic carbocycles. The Balaban J connectivity index is 1.63. The number of fused-ring (bicyclic) bond motifs is 1. The van der Waals surface area contributed by atoms with Gasteiger partial charge in [0.1, 0.15) is 10.7 Å². The molecule has 4 aromatic rings. The number of nitrogens with zero attached hydrogens (tertiary/aromatic N) is 3. The number of aromatic nitrogens is 4. The Labute approximate surface area is 123 Å².